The van der Waals surface area contributed by atoms with Crippen LogP contribution >= 0.6 is 0 Å². The Balaban J connectivity index is 2.33. The molecule has 2 aromatic heterocycles. The number of hydrogen-bond acceptors (Lipinski definition) is 4. The molecule has 0 bridgehead atoms. The fourth-order valence-electron chi connectivity index (χ4n) is 3.04. The first-order valence-electron chi connectivity index (χ1n) is 9.50. The molecule has 0 amide bonds. The van der Waals surface area contributed by atoms with Crippen molar-refractivity contribution in [1.29, 1.82) is 0 Å². The van der Waals surface area contributed by atoms with Gasteiger partial charge in [-0.05, 0) is 30.2 Å². The number of carbonyl (C=O) groups excluding carboxylic acids is 1. The average molecular weight is 400 g/mol. The molecule has 0 atom stereocenters. The zero-order valence-electron chi connectivity index (χ0n) is 17.3. The Morgan fingerprint density at radius 1 is 1.14 bits per heavy atom. The van der Waals surface area contributed by atoms with Gasteiger partial charge in [-0.2, -0.15) is 0 Å². The quantitative estimate of drug-likeness (QED) is 0.660. The highest BCUT2D eigenvalue weighted by Gasteiger charge is 2.25. The van der Waals surface area contributed by atoms with Gasteiger partial charge in [0.25, 0.3) is 5.56 Å². The van der Waals surface area contributed by atoms with Crippen molar-refractivity contribution in [2.45, 2.75) is 47.7 Å². The van der Waals surface area contributed by atoms with Gasteiger partial charge in [-0.15, -0.1) is 0 Å². The number of nitrogens with zero attached hydrogens (tertiary/aromatic N) is 4. The Bertz CT molecular complexity index is 1180. The fourth-order valence-corrected chi connectivity index (χ4v) is 3.04. The largest absolute Gasteiger partial charge is 0.337 e. The fraction of sp³-hybridized carbons (Fsp3) is 0.429. The number of rotatable bonds is 5. The lowest BCUT2D eigenvalue weighted by atomic mass is 9.91. The third-order valence-corrected chi connectivity index (χ3v) is 4.68. The molecular weight excluding hydrogens is 375 g/mol. The SMILES string of the molecule is CC(C)Cn1c(=O)c2c(ncn2CC(=O)C(C)(C)C)n(-c2ccc(F)cc2)c1=O. The van der Waals surface area contributed by atoms with Crippen LogP contribution in [-0.4, -0.2) is 24.5 Å². The summed E-state index contributed by atoms with van der Waals surface area (Å²) in [6.45, 7) is 9.41. The normalized spacial score (nSPS) is 12.1. The van der Waals surface area contributed by atoms with Crippen LogP contribution in [0.5, 0.6) is 0 Å². The summed E-state index contributed by atoms with van der Waals surface area (Å²) in [5, 5.41) is 0. The monoisotopic (exact) mass is 400 g/mol. The van der Waals surface area contributed by atoms with E-state index in [4.69, 9.17) is 0 Å². The van der Waals surface area contributed by atoms with Crippen molar-refractivity contribution in [1.82, 2.24) is 18.7 Å². The predicted molar refractivity (Wildman–Crippen MR) is 109 cm³/mol. The maximum atomic E-state index is 13.4. The molecule has 3 aromatic rings. The lowest BCUT2D eigenvalue weighted by molar-refractivity contribution is -0.126. The zero-order valence-corrected chi connectivity index (χ0v) is 17.3. The second-order valence-corrected chi connectivity index (χ2v) is 8.62. The molecule has 29 heavy (non-hydrogen) atoms. The minimum absolute atomic E-state index is 0.0292. The van der Waals surface area contributed by atoms with Gasteiger partial charge < -0.3 is 4.57 Å². The molecule has 0 saturated heterocycles. The van der Waals surface area contributed by atoms with Crippen LogP contribution in [0.2, 0.25) is 0 Å². The van der Waals surface area contributed by atoms with E-state index in [1.807, 2.05) is 13.8 Å². The molecule has 0 N–H and O–H groups in total. The third kappa shape index (κ3) is 3.92. The van der Waals surface area contributed by atoms with Gasteiger partial charge in [0.2, 0.25) is 0 Å². The van der Waals surface area contributed by atoms with E-state index >= 15 is 0 Å². The van der Waals surface area contributed by atoms with Crippen LogP contribution in [0.25, 0.3) is 16.9 Å². The van der Waals surface area contributed by atoms with Gasteiger partial charge in [0.05, 0.1) is 18.6 Å². The highest BCUT2D eigenvalue weighted by atomic mass is 19.1. The van der Waals surface area contributed by atoms with Crippen LogP contribution in [0.15, 0.2) is 40.2 Å². The molecular formula is C21H25FN4O3. The standard InChI is InChI=1S/C21H25FN4O3/c1-13(2)10-25-19(28)17-18(23-12-24(17)11-16(27)21(3,4)5)26(20(25)29)15-8-6-14(22)7-9-15/h6-9,12-13H,10-11H2,1-5H3. The molecule has 2 heterocycles. The van der Waals surface area contributed by atoms with Gasteiger partial charge in [0.1, 0.15) is 5.82 Å². The second-order valence-electron chi connectivity index (χ2n) is 8.62. The Morgan fingerprint density at radius 3 is 2.31 bits per heavy atom. The van der Waals surface area contributed by atoms with E-state index in [1.54, 1.807) is 20.8 Å². The molecule has 0 unspecified atom stereocenters. The van der Waals surface area contributed by atoms with Crippen LogP contribution < -0.4 is 11.2 Å². The highest BCUT2D eigenvalue weighted by Crippen LogP contribution is 2.18. The van der Waals surface area contributed by atoms with Gasteiger partial charge in [-0.1, -0.05) is 34.6 Å². The number of ketones is 1. The summed E-state index contributed by atoms with van der Waals surface area (Å²) in [6.07, 6.45) is 1.40. The molecule has 7 nitrogen and oxygen atoms in total. The highest BCUT2D eigenvalue weighted by molar-refractivity contribution is 5.85. The van der Waals surface area contributed by atoms with Gasteiger partial charge >= 0.3 is 5.69 Å². The Hall–Kier alpha value is -3.03. The van der Waals surface area contributed by atoms with Crippen LogP contribution in [-0.2, 0) is 17.9 Å². The first-order valence-corrected chi connectivity index (χ1v) is 9.50. The maximum absolute atomic E-state index is 13.4. The Morgan fingerprint density at radius 2 is 1.76 bits per heavy atom. The lowest BCUT2D eigenvalue weighted by Crippen LogP contribution is -2.41. The first kappa shape index (κ1) is 20.7. The van der Waals surface area contributed by atoms with E-state index in [2.05, 4.69) is 4.98 Å². The van der Waals surface area contributed by atoms with Gasteiger partial charge in [0, 0.05) is 12.0 Å². The number of halogens is 1. The van der Waals surface area contributed by atoms with Crippen molar-refractivity contribution in [3.63, 3.8) is 0 Å². The van der Waals surface area contributed by atoms with Gasteiger partial charge in [-0.3, -0.25) is 14.2 Å². The number of Topliss-reactive ketones (excluding diaryl/α,β-unsaturated/α-hetero) is 1. The summed E-state index contributed by atoms with van der Waals surface area (Å²) in [5.74, 6) is -0.451. The zero-order chi connectivity index (χ0) is 21.5. The summed E-state index contributed by atoms with van der Waals surface area (Å²) < 4.78 is 17.3. The van der Waals surface area contributed by atoms with Crippen molar-refractivity contribution in [2.24, 2.45) is 11.3 Å². The number of imidazole rings is 1. The van der Waals surface area contributed by atoms with Crippen molar-refractivity contribution in [2.75, 3.05) is 0 Å². The van der Waals surface area contributed by atoms with E-state index in [0.717, 1.165) is 4.57 Å². The van der Waals surface area contributed by atoms with Crippen molar-refractivity contribution >= 4 is 16.9 Å². The first-order chi connectivity index (χ1) is 13.5. The molecule has 154 valence electrons. The van der Waals surface area contributed by atoms with Crippen LogP contribution in [0.1, 0.15) is 34.6 Å². The predicted octanol–water partition coefficient (Wildman–Crippen LogP) is 2.76. The van der Waals surface area contributed by atoms with Gasteiger partial charge in [0.15, 0.2) is 16.9 Å². The average Bonchev–Trinajstić information content (AvgIpc) is 3.02. The van der Waals surface area contributed by atoms with E-state index in [0.29, 0.717) is 5.69 Å². The van der Waals surface area contributed by atoms with Crippen LogP contribution in [0.3, 0.4) is 0 Å². The molecule has 1 aromatic carbocycles. The Labute approximate surface area is 167 Å². The molecule has 0 aliphatic heterocycles. The van der Waals surface area contributed by atoms with Crippen molar-refractivity contribution in [3.8, 4) is 5.69 Å². The lowest BCUT2D eigenvalue weighted by Gasteiger charge is -2.17. The molecule has 0 radical (unpaired) electrons. The molecule has 0 aliphatic rings. The summed E-state index contributed by atoms with van der Waals surface area (Å²) >= 11 is 0. The topological polar surface area (TPSA) is 78.9 Å². The summed E-state index contributed by atoms with van der Waals surface area (Å²) in [5.41, 5.74) is -0.905. The molecule has 0 saturated carbocycles. The summed E-state index contributed by atoms with van der Waals surface area (Å²) in [4.78, 5) is 43.1. The summed E-state index contributed by atoms with van der Waals surface area (Å²) in [7, 11) is 0. The molecule has 0 spiro atoms. The number of fused-ring (bicyclic) bond motifs is 1. The summed E-state index contributed by atoms with van der Waals surface area (Å²) in [6, 6.07) is 5.40. The van der Waals surface area contributed by atoms with E-state index in [1.165, 1.54) is 39.7 Å². The second kappa shape index (κ2) is 7.42. The maximum Gasteiger partial charge on any atom is 0.337 e. The smallest absolute Gasteiger partial charge is 0.317 e. The number of benzene rings is 1. The molecule has 8 heteroatoms. The molecule has 0 aliphatic carbocycles. The van der Waals surface area contributed by atoms with Gasteiger partial charge in [-0.25, -0.2) is 18.7 Å². The van der Waals surface area contributed by atoms with Crippen molar-refractivity contribution < 1.29 is 9.18 Å². The van der Waals surface area contributed by atoms with Crippen LogP contribution in [0, 0.1) is 17.2 Å². The number of hydrogen-bond donors (Lipinski definition) is 0. The minimum atomic E-state index is -0.584. The van der Waals surface area contributed by atoms with E-state index in [-0.39, 0.29) is 36.0 Å². The number of aromatic nitrogens is 4. The van der Waals surface area contributed by atoms with E-state index in [9.17, 15) is 18.8 Å². The van der Waals surface area contributed by atoms with Crippen LogP contribution in [0.4, 0.5) is 4.39 Å². The minimum Gasteiger partial charge on any atom is -0.317 e. The Kier molecular flexibility index (Phi) is 5.30. The number of carbonyl (C=O) groups is 1. The third-order valence-electron chi connectivity index (χ3n) is 4.68. The van der Waals surface area contributed by atoms with E-state index < -0.39 is 22.5 Å². The molecule has 3 rings (SSSR count). The molecule has 0 fully saturated rings. The van der Waals surface area contributed by atoms with Crippen molar-refractivity contribution in [3.05, 3.63) is 57.2 Å².